The highest BCUT2D eigenvalue weighted by molar-refractivity contribution is 5.90. The van der Waals surface area contributed by atoms with E-state index in [1.54, 1.807) is 19.1 Å². The van der Waals surface area contributed by atoms with Crippen LogP contribution in [0.25, 0.3) is 0 Å². The molecule has 2 saturated heterocycles. The van der Waals surface area contributed by atoms with Crippen molar-refractivity contribution in [1.29, 1.82) is 0 Å². The number of likely N-dealkylation sites (tertiary alicyclic amines) is 1. The van der Waals surface area contributed by atoms with E-state index in [0.717, 1.165) is 0 Å². The molecular formula is C15H19N3O4. The molecule has 1 N–H and O–H groups in total. The first-order chi connectivity index (χ1) is 10.6. The molecule has 0 aromatic heterocycles. The number of urea groups is 1. The maximum Gasteiger partial charge on any atom is 0.317 e. The number of likely N-dealkylation sites (N-methyl/N-ethyl adjacent to an activating group) is 1. The van der Waals surface area contributed by atoms with Gasteiger partial charge in [0.2, 0.25) is 5.91 Å². The number of carbonyl (C=O) groups is 2. The molecule has 3 rings (SSSR count). The minimum absolute atomic E-state index is 0.0462. The Morgan fingerprint density at radius 1 is 1.23 bits per heavy atom. The Morgan fingerprint density at radius 3 is 2.50 bits per heavy atom. The fourth-order valence-corrected chi connectivity index (χ4v) is 2.61. The third kappa shape index (κ3) is 2.66. The van der Waals surface area contributed by atoms with Crippen molar-refractivity contribution < 1.29 is 19.1 Å². The Morgan fingerprint density at radius 2 is 1.91 bits per heavy atom. The van der Waals surface area contributed by atoms with Gasteiger partial charge < -0.3 is 24.6 Å². The van der Waals surface area contributed by atoms with Gasteiger partial charge in [-0.05, 0) is 12.1 Å². The van der Waals surface area contributed by atoms with Crippen LogP contribution in [0.3, 0.4) is 0 Å². The van der Waals surface area contributed by atoms with E-state index in [-0.39, 0.29) is 18.0 Å². The minimum atomic E-state index is -0.454. The van der Waals surface area contributed by atoms with Crippen LogP contribution in [0, 0.1) is 0 Å². The Hall–Kier alpha value is -2.44. The van der Waals surface area contributed by atoms with E-state index in [0.29, 0.717) is 31.1 Å². The molecule has 0 aliphatic carbocycles. The number of amides is 3. The Bertz CT molecular complexity index is 586. The quantitative estimate of drug-likeness (QED) is 0.869. The standard InChI is InChI=1S/C15H19N3O4/c1-17-9-11(16-15(17)20)14(19)18-7-10(8-18)22-13-6-4-3-5-12(13)21-2/h3-6,10-11H,7-9H2,1-2H3,(H,16,20)/t11-/m1/s1. The van der Waals surface area contributed by atoms with E-state index in [1.165, 1.54) is 4.90 Å². The van der Waals surface area contributed by atoms with Gasteiger partial charge in [0, 0.05) is 7.05 Å². The largest absolute Gasteiger partial charge is 0.493 e. The molecule has 0 saturated carbocycles. The lowest BCUT2D eigenvalue weighted by Gasteiger charge is -2.40. The summed E-state index contributed by atoms with van der Waals surface area (Å²) in [5.41, 5.74) is 0. The maximum absolute atomic E-state index is 12.2. The molecular weight excluding hydrogens is 286 g/mol. The van der Waals surface area contributed by atoms with Crippen LogP contribution in [0.2, 0.25) is 0 Å². The number of rotatable bonds is 4. The molecule has 1 aromatic carbocycles. The molecule has 1 atom stereocenters. The van der Waals surface area contributed by atoms with Crippen molar-refractivity contribution in [2.45, 2.75) is 12.1 Å². The predicted molar refractivity (Wildman–Crippen MR) is 78.9 cm³/mol. The Kier molecular flexibility index (Phi) is 3.79. The van der Waals surface area contributed by atoms with Crippen LogP contribution >= 0.6 is 0 Å². The number of ether oxygens (including phenoxy) is 2. The molecule has 7 nitrogen and oxygen atoms in total. The summed E-state index contributed by atoms with van der Waals surface area (Å²) in [5, 5.41) is 2.67. The predicted octanol–water partition coefficient (Wildman–Crippen LogP) is 0.308. The van der Waals surface area contributed by atoms with Crippen molar-refractivity contribution in [3.05, 3.63) is 24.3 Å². The highest BCUT2D eigenvalue weighted by atomic mass is 16.5. The van der Waals surface area contributed by atoms with E-state index in [4.69, 9.17) is 9.47 Å². The van der Waals surface area contributed by atoms with Gasteiger partial charge in [-0.3, -0.25) is 4.79 Å². The van der Waals surface area contributed by atoms with E-state index in [1.807, 2.05) is 24.3 Å². The highest BCUT2D eigenvalue weighted by Crippen LogP contribution is 2.28. The summed E-state index contributed by atoms with van der Waals surface area (Å²) in [7, 11) is 3.27. The lowest BCUT2D eigenvalue weighted by Crippen LogP contribution is -2.60. The third-order valence-electron chi connectivity index (χ3n) is 3.92. The number of nitrogens with zero attached hydrogens (tertiary/aromatic N) is 2. The number of para-hydroxylation sites is 2. The van der Waals surface area contributed by atoms with Crippen molar-refractivity contribution >= 4 is 11.9 Å². The first-order valence-corrected chi connectivity index (χ1v) is 7.18. The van der Waals surface area contributed by atoms with Gasteiger partial charge in [-0.2, -0.15) is 0 Å². The molecule has 118 valence electrons. The molecule has 0 radical (unpaired) electrons. The summed E-state index contributed by atoms with van der Waals surface area (Å²) in [6.45, 7) is 1.45. The average Bonchev–Trinajstić information content (AvgIpc) is 2.82. The van der Waals surface area contributed by atoms with Crippen LogP contribution in [0.4, 0.5) is 4.79 Å². The second-order valence-corrected chi connectivity index (χ2v) is 5.52. The summed E-state index contributed by atoms with van der Waals surface area (Å²) in [6.07, 6.45) is -0.0462. The molecule has 2 aliphatic rings. The second-order valence-electron chi connectivity index (χ2n) is 5.52. The van der Waals surface area contributed by atoms with Crippen molar-refractivity contribution in [2.24, 2.45) is 0 Å². The topological polar surface area (TPSA) is 71.1 Å². The highest BCUT2D eigenvalue weighted by Gasteiger charge is 2.40. The summed E-state index contributed by atoms with van der Waals surface area (Å²) >= 11 is 0. The number of hydrogen-bond acceptors (Lipinski definition) is 4. The smallest absolute Gasteiger partial charge is 0.317 e. The molecule has 0 bridgehead atoms. The van der Waals surface area contributed by atoms with E-state index >= 15 is 0 Å². The van der Waals surface area contributed by atoms with Crippen LogP contribution in [0.5, 0.6) is 11.5 Å². The zero-order valence-corrected chi connectivity index (χ0v) is 12.6. The van der Waals surface area contributed by atoms with Gasteiger partial charge in [0.05, 0.1) is 26.7 Å². The van der Waals surface area contributed by atoms with Gasteiger partial charge >= 0.3 is 6.03 Å². The summed E-state index contributed by atoms with van der Waals surface area (Å²) in [5.74, 6) is 1.30. The van der Waals surface area contributed by atoms with Gasteiger partial charge in [-0.1, -0.05) is 12.1 Å². The van der Waals surface area contributed by atoms with Crippen LogP contribution in [0.15, 0.2) is 24.3 Å². The number of carbonyl (C=O) groups excluding carboxylic acids is 2. The molecule has 7 heteroatoms. The van der Waals surface area contributed by atoms with Gasteiger partial charge in [-0.25, -0.2) is 4.79 Å². The lowest BCUT2D eigenvalue weighted by atomic mass is 10.1. The average molecular weight is 305 g/mol. The Labute approximate surface area is 128 Å². The molecule has 0 spiro atoms. The first kappa shape index (κ1) is 14.5. The van der Waals surface area contributed by atoms with Gasteiger partial charge in [0.25, 0.3) is 0 Å². The fraction of sp³-hybridized carbons (Fsp3) is 0.467. The zero-order valence-electron chi connectivity index (χ0n) is 12.6. The number of methoxy groups -OCH3 is 1. The van der Waals surface area contributed by atoms with Crippen molar-refractivity contribution in [2.75, 3.05) is 33.8 Å². The lowest BCUT2D eigenvalue weighted by molar-refractivity contribution is -0.141. The van der Waals surface area contributed by atoms with Crippen LogP contribution in [-0.4, -0.2) is 67.7 Å². The molecule has 0 unspecified atom stereocenters. The van der Waals surface area contributed by atoms with Crippen LogP contribution in [-0.2, 0) is 4.79 Å². The van der Waals surface area contributed by atoms with Crippen molar-refractivity contribution in [3.8, 4) is 11.5 Å². The normalized spacial score (nSPS) is 21.4. The SMILES string of the molecule is COc1ccccc1OC1CN(C(=O)[C@H]2CN(C)C(=O)N2)C1. The van der Waals surface area contributed by atoms with Gasteiger partial charge in [0.15, 0.2) is 11.5 Å². The third-order valence-corrected chi connectivity index (χ3v) is 3.92. The second kappa shape index (κ2) is 5.75. The Balaban J connectivity index is 1.52. The molecule has 2 aliphatic heterocycles. The number of benzene rings is 1. The monoisotopic (exact) mass is 305 g/mol. The molecule has 22 heavy (non-hydrogen) atoms. The van der Waals surface area contributed by atoms with Crippen LogP contribution in [0.1, 0.15) is 0 Å². The molecule has 2 heterocycles. The van der Waals surface area contributed by atoms with E-state index in [9.17, 15) is 9.59 Å². The summed E-state index contributed by atoms with van der Waals surface area (Å²) in [6, 6.07) is 6.77. The first-order valence-electron chi connectivity index (χ1n) is 7.18. The number of nitrogens with one attached hydrogen (secondary N) is 1. The molecule has 1 aromatic rings. The molecule has 2 fully saturated rings. The number of hydrogen-bond donors (Lipinski definition) is 1. The van der Waals surface area contributed by atoms with Gasteiger partial charge in [-0.15, -0.1) is 0 Å². The summed E-state index contributed by atoms with van der Waals surface area (Å²) < 4.78 is 11.1. The fourth-order valence-electron chi connectivity index (χ4n) is 2.61. The van der Waals surface area contributed by atoms with Gasteiger partial charge in [0.1, 0.15) is 12.1 Å². The summed E-state index contributed by atoms with van der Waals surface area (Å²) in [4.78, 5) is 26.8. The van der Waals surface area contributed by atoms with Crippen molar-refractivity contribution in [1.82, 2.24) is 15.1 Å². The van der Waals surface area contributed by atoms with E-state index in [2.05, 4.69) is 5.32 Å². The molecule has 3 amide bonds. The minimum Gasteiger partial charge on any atom is -0.493 e. The van der Waals surface area contributed by atoms with Crippen LogP contribution < -0.4 is 14.8 Å². The van der Waals surface area contributed by atoms with E-state index < -0.39 is 6.04 Å². The van der Waals surface area contributed by atoms with Crippen molar-refractivity contribution in [3.63, 3.8) is 0 Å². The zero-order chi connectivity index (χ0) is 15.7. The maximum atomic E-state index is 12.2.